The van der Waals surface area contributed by atoms with Gasteiger partial charge in [0.15, 0.2) is 0 Å². The molecule has 2 bridgehead atoms. The summed E-state index contributed by atoms with van der Waals surface area (Å²) >= 11 is 0. The highest BCUT2D eigenvalue weighted by molar-refractivity contribution is 6.02. The number of benzene rings is 1. The van der Waals surface area contributed by atoms with E-state index >= 15 is 0 Å². The summed E-state index contributed by atoms with van der Waals surface area (Å²) in [5.41, 5.74) is 8.58. The van der Waals surface area contributed by atoms with E-state index in [0.29, 0.717) is 37.2 Å². The summed E-state index contributed by atoms with van der Waals surface area (Å²) in [5, 5.41) is 6.01. The lowest BCUT2D eigenvalue weighted by Gasteiger charge is -2.35. The largest absolute Gasteiger partial charge is 0.397 e. The lowest BCUT2D eigenvalue weighted by molar-refractivity contribution is -0.182. The van der Waals surface area contributed by atoms with Crippen LogP contribution in [-0.2, 0) is 4.74 Å². The number of carbonyl (C=O) groups is 1. The number of morpholine rings is 1. The molecule has 2 heterocycles. The lowest BCUT2D eigenvalue weighted by atomic mass is 9.85. The summed E-state index contributed by atoms with van der Waals surface area (Å²) < 4.78 is 44.7. The summed E-state index contributed by atoms with van der Waals surface area (Å²) in [4.78, 5) is 15.3. The topological polar surface area (TPSA) is 79.6 Å². The van der Waals surface area contributed by atoms with E-state index in [1.165, 1.54) is 0 Å². The van der Waals surface area contributed by atoms with E-state index in [1.54, 1.807) is 13.1 Å². The predicted octanol–water partition coefficient (Wildman–Crippen LogP) is 3.53. The van der Waals surface area contributed by atoms with Crippen molar-refractivity contribution in [2.45, 2.75) is 63.0 Å². The molecule has 1 aromatic rings. The number of amides is 1. The van der Waals surface area contributed by atoms with Crippen LogP contribution in [-0.4, -0.2) is 50.5 Å². The number of nitrogens with two attached hydrogens (primary N) is 1. The van der Waals surface area contributed by atoms with Gasteiger partial charge in [0.1, 0.15) is 0 Å². The normalized spacial score (nSPS) is 29.0. The minimum Gasteiger partial charge on any atom is -0.397 e. The minimum absolute atomic E-state index is 0.0506. The van der Waals surface area contributed by atoms with Crippen LogP contribution >= 0.6 is 0 Å². The minimum atomic E-state index is -4.16. The van der Waals surface area contributed by atoms with E-state index in [-0.39, 0.29) is 37.0 Å². The van der Waals surface area contributed by atoms with Crippen molar-refractivity contribution in [1.82, 2.24) is 5.32 Å². The summed E-state index contributed by atoms with van der Waals surface area (Å²) in [7, 11) is 1.78. The predicted molar refractivity (Wildman–Crippen MR) is 110 cm³/mol. The van der Waals surface area contributed by atoms with Gasteiger partial charge in [-0.1, -0.05) is 0 Å². The Balaban J connectivity index is 1.51. The second-order valence-corrected chi connectivity index (χ2v) is 8.63. The number of carbonyl (C=O) groups excluding carboxylic acids is 1. The molecule has 0 aromatic heterocycles. The highest BCUT2D eigenvalue weighted by atomic mass is 19.4. The monoisotopic (exact) mass is 426 g/mol. The summed E-state index contributed by atoms with van der Waals surface area (Å²) in [6, 6.07) is 3.29. The van der Waals surface area contributed by atoms with Gasteiger partial charge in [0, 0.05) is 26.2 Å². The van der Waals surface area contributed by atoms with Gasteiger partial charge in [-0.25, -0.2) is 0 Å². The smallest absolute Gasteiger partial charge is 0.391 e. The van der Waals surface area contributed by atoms with Crippen LogP contribution in [0.3, 0.4) is 0 Å². The molecule has 0 radical (unpaired) electrons. The van der Waals surface area contributed by atoms with Crippen molar-refractivity contribution in [1.29, 1.82) is 0 Å². The van der Waals surface area contributed by atoms with Gasteiger partial charge in [-0.15, -0.1) is 0 Å². The molecule has 1 aliphatic carbocycles. The van der Waals surface area contributed by atoms with E-state index < -0.39 is 12.1 Å². The van der Waals surface area contributed by atoms with Crippen LogP contribution < -0.4 is 21.3 Å². The Bertz CT molecular complexity index is 781. The van der Waals surface area contributed by atoms with Gasteiger partial charge in [-0.3, -0.25) is 4.79 Å². The number of fused-ring (bicyclic) bond motifs is 2. The number of nitrogens with one attached hydrogen (secondary N) is 2. The number of hydrogen-bond donors (Lipinski definition) is 3. The highest BCUT2D eigenvalue weighted by Crippen LogP contribution is 2.38. The number of rotatable bonds is 4. The van der Waals surface area contributed by atoms with Crippen molar-refractivity contribution >= 4 is 23.0 Å². The molecule has 0 spiro atoms. The molecule has 30 heavy (non-hydrogen) atoms. The Morgan fingerprint density at radius 2 is 1.73 bits per heavy atom. The number of halogens is 3. The maximum Gasteiger partial charge on any atom is 0.391 e. The van der Waals surface area contributed by atoms with Gasteiger partial charge in [0.05, 0.1) is 40.8 Å². The first kappa shape index (κ1) is 21.1. The Hall–Kier alpha value is -2.16. The van der Waals surface area contributed by atoms with Crippen molar-refractivity contribution in [3.05, 3.63) is 17.7 Å². The lowest BCUT2D eigenvalue weighted by Crippen LogP contribution is -2.44. The number of nitrogens with zero attached hydrogens (tertiary/aromatic N) is 1. The highest BCUT2D eigenvalue weighted by Gasteiger charge is 2.42. The summed E-state index contributed by atoms with van der Waals surface area (Å²) in [5.74, 6) is -1.55. The van der Waals surface area contributed by atoms with Gasteiger partial charge >= 0.3 is 6.18 Å². The van der Waals surface area contributed by atoms with Crippen LogP contribution in [0.2, 0.25) is 0 Å². The van der Waals surface area contributed by atoms with Crippen LogP contribution in [0, 0.1) is 5.92 Å². The fourth-order valence-corrected chi connectivity index (χ4v) is 4.90. The molecular formula is C21H29F3N4O2. The van der Waals surface area contributed by atoms with Crippen LogP contribution in [0.1, 0.15) is 48.9 Å². The number of hydrogen-bond acceptors (Lipinski definition) is 5. The van der Waals surface area contributed by atoms with Crippen LogP contribution in [0.15, 0.2) is 12.1 Å². The van der Waals surface area contributed by atoms with Crippen LogP contribution in [0.4, 0.5) is 30.2 Å². The quantitative estimate of drug-likeness (QED) is 0.642. The molecule has 4 N–H and O–H groups in total. The zero-order chi connectivity index (χ0) is 21.5. The fourth-order valence-electron chi connectivity index (χ4n) is 4.90. The molecule has 9 heteroatoms. The van der Waals surface area contributed by atoms with E-state index in [0.717, 1.165) is 24.2 Å². The van der Waals surface area contributed by atoms with Gasteiger partial charge in [-0.2, -0.15) is 13.2 Å². The number of anilines is 3. The molecule has 6 nitrogen and oxygen atoms in total. The average molecular weight is 426 g/mol. The van der Waals surface area contributed by atoms with Crippen LogP contribution in [0.25, 0.3) is 0 Å². The molecular weight excluding hydrogens is 397 g/mol. The second-order valence-electron chi connectivity index (χ2n) is 8.63. The van der Waals surface area contributed by atoms with E-state index in [4.69, 9.17) is 10.5 Å². The molecule has 2 atom stereocenters. The van der Waals surface area contributed by atoms with Gasteiger partial charge in [0.2, 0.25) is 0 Å². The SMILES string of the molecule is CNc1cc(N2CC3CCC(C2)O3)c(C(=O)N[C@H]2CC[C@H](C(F)(F)F)CC2)cc1N. The van der Waals surface area contributed by atoms with Crippen molar-refractivity contribution in [2.75, 3.05) is 36.1 Å². The third-order valence-electron chi connectivity index (χ3n) is 6.59. The zero-order valence-corrected chi connectivity index (χ0v) is 17.1. The first-order valence-electron chi connectivity index (χ1n) is 10.6. The maximum absolute atomic E-state index is 13.1. The van der Waals surface area contributed by atoms with Crippen molar-refractivity contribution < 1.29 is 22.7 Å². The Morgan fingerprint density at radius 1 is 1.10 bits per heavy atom. The molecule has 2 saturated heterocycles. The molecule has 1 saturated carbocycles. The van der Waals surface area contributed by atoms with Gasteiger partial charge < -0.3 is 26.0 Å². The number of nitrogen functional groups attached to an aromatic ring is 1. The van der Waals surface area contributed by atoms with Crippen molar-refractivity contribution in [2.24, 2.45) is 5.92 Å². The average Bonchev–Trinajstić information content (AvgIpc) is 3.05. The molecule has 1 amide bonds. The number of alkyl halides is 3. The number of ether oxygens (including phenoxy) is 1. The molecule has 2 aliphatic heterocycles. The third kappa shape index (κ3) is 4.31. The van der Waals surface area contributed by atoms with Crippen molar-refractivity contribution in [3.63, 3.8) is 0 Å². The molecule has 166 valence electrons. The molecule has 3 fully saturated rings. The third-order valence-corrected chi connectivity index (χ3v) is 6.59. The summed E-state index contributed by atoms with van der Waals surface area (Å²) in [6.45, 7) is 1.42. The zero-order valence-electron chi connectivity index (χ0n) is 17.1. The van der Waals surface area contributed by atoms with E-state index in [9.17, 15) is 18.0 Å². The first-order valence-corrected chi connectivity index (χ1v) is 10.6. The Morgan fingerprint density at radius 3 is 2.30 bits per heavy atom. The van der Waals surface area contributed by atoms with E-state index in [2.05, 4.69) is 15.5 Å². The molecule has 1 aromatic carbocycles. The standard InChI is InChI=1S/C21H29F3N4O2/c1-26-18-9-19(28-10-14-6-7-15(11-28)30-14)16(8-17(18)25)20(29)27-13-4-2-12(3-5-13)21(22,23)24/h8-9,12-15,26H,2-7,10-11,25H2,1H3,(H,27,29)/t12-,13-,14?,15?. The summed E-state index contributed by atoms with van der Waals surface area (Å²) in [6.07, 6.45) is -1.05. The maximum atomic E-state index is 13.1. The molecule has 3 aliphatic rings. The molecule has 2 unspecified atom stereocenters. The van der Waals surface area contributed by atoms with E-state index in [1.807, 2.05) is 6.07 Å². The molecule has 4 rings (SSSR count). The fraction of sp³-hybridized carbons (Fsp3) is 0.667. The van der Waals surface area contributed by atoms with Crippen molar-refractivity contribution in [3.8, 4) is 0 Å². The van der Waals surface area contributed by atoms with Gasteiger partial charge in [-0.05, 0) is 50.7 Å². The van der Waals surface area contributed by atoms with Crippen LogP contribution in [0.5, 0.6) is 0 Å². The first-order chi connectivity index (χ1) is 14.2. The Kier molecular flexibility index (Phi) is 5.74. The Labute approximate surface area is 174 Å². The van der Waals surface area contributed by atoms with Gasteiger partial charge in [0.25, 0.3) is 5.91 Å². The second kappa shape index (κ2) is 8.17.